The van der Waals surface area contributed by atoms with E-state index in [0.717, 1.165) is 0 Å². The number of allylic oxidation sites excluding steroid dienone is 1. The molecule has 0 bridgehead atoms. The van der Waals surface area contributed by atoms with Gasteiger partial charge in [-0.1, -0.05) is 13.2 Å². The highest BCUT2D eigenvalue weighted by molar-refractivity contribution is 5.92. The van der Waals surface area contributed by atoms with E-state index in [-0.39, 0.29) is 5.91 Å². The largest absolute Gasteiger partial charge is 0.268 e. The van der Waals surface area contributed by atoms with Gasteiger partial charge in [-0.2, -0.15) is 0 Å². The summed E-state index contributed by atoms with van der Waals surface area (Å²) in [5, 5.41) is 3.15. The third kappa shape index (κ3) is 2.51. The number of carbonyl (C=O) groups is 1. The van der Waals surface area contributed by atoms with E-state index in [1.807, 2.05) is 0 Å². The van der Waals surface area contributed by atoms with Crippen LogP contribution in [0.5, 0.6) is 0 Å². The molecule has 0 aromatic rings. The lowest BCUT2D eigenvalue weighted by Gasteiger charge is -2.28. The number of hydrazine groups is 1. The predicted octanol–water partition coefficient (Wildman–Crippen LogP) is 1.40. The minimum Gasteiger partial charge on any atom is -0.268 e. The number of hydrogen-bond donors (Lipinski definition) is 0. The van der Waals surface area contributed by atoms with Crippen LogP contribution in [0.1, 0.15) is 13.8 Å². The number of amides is 1. The molecule has 0 atom stereocenters. The normalized spacial score (nSPS) is 9.75. The molecule has 0 N–H and O–H groups in total. The van der Waals surface area contributed by atoms with Crippen molar-refractivity contribution in [3.8, 4) is 0 Å². The van der Waals surface area contributed by atoms with E-state index in [1.54, 1.807) is 33.0 Å². The fraction of sp³-hybridized carbons (Fsp3) is 0.444. The molecule has 0 radical (unpaired) electrons. The summed E-state index contributed by atoms with van der Waals surface area (Å²) in [6.45, 7) is 10.7. The van der Waals surface area contributed by atoms with E-state index in [4.69, 9.17) is 0 Å². The van der Waals surface area contributed by atoms with E-state index in [0.29, 0.717) is 11.3 Å². The zero-order valence-corrected chi connectivity index (χ0v) is 8.22. The maximum atomic E-state index is 11.4. The highest BCUT2D eigenvalue weighted by atomic mass is 16.2. The molecule has 0 rings (SSSR count). The third-order valence-electron chi connectivity index (χ3n) is 1.32. The molecule has 3 nitrogen and oxygen atoms in total. The molecule has 0 aliphatic carbocycles. The highest BCUT2D eigenvalue weighted by Crippen LogP contribution is 2.07. The molecule has 0 aliphatic rings. The minimum absolute atomic E-state index is 0.118. The van der Waals surface area contributed by atoms with Gasteiger partial charge in [-0.3, -0.25) is 4.79 Å². The second-order valence-electron chi connectivity index (χ2n) is 2.98. The number of rotatable bonds is 3. The van der Waals surface area contributed by atoms with Crippen LogP contribution in [0, 0.1) is 0 Å². The summed E-state index contributed by atoms with van der Waals surface area (Å²) in [6, 6.07) is 0. The Morgan fingerprint density at radius 3 is 1.67 bits per heavy atom. The zero-order chi connectivity index (χ0) is 9.89. The Hall–Kier alpha value is -1.09. The molecule has 0 heterocycles. The van der Waals surface area contributed by atoms with Crippen LogP contribution in [0.25, 0.3) is 0 Å². The first-order valence-electron chi connectivity index (χ1n) is 3.70. The van der Waals surface area contributed by atoms with Crippen molar-refractivity contribution >= 4 is 5.91 Å². The van der Waals surface area contributed by atoms with E-state index in [2.05, 4.69) is 13.2 Å². The van der Waals surface area contributed by atoms with Gasteiger partial charge < -0.3 is 0 Å². The predicted molar refractivity (Wildman–Crippen MR) is 50.2 cm³/mol. The first-order chi connectivity index (χ1) is 5.37. The van der Waals surface area contributed by atoms with Crippen LogP contribution >= 0.6 is 0 Å². The molecule has 0 spiro atoms. The fourth-order valence-corrected chi connectivity index (χ4v) is 0.877. The van der Waals surface area contributed by atoms with Crippen LogP contribution in [0.4, 0.5) is 0 Å². The maximum absolute atomic E-state index is 11.4. The minimum atomic E-state index is -0.118. The van der Waals surface area contributed by atoms with Crippen LogP contribution < -0.4 is 0 Å². The van der Waals surface area contributed by atoms with Gasteiger partial charge in [-0.05, 0) is 13.8 Å². The molecule has 12 heavy (non-hydrogen) atoms. The lowest BCUT2D eigenvalue weighted by atomic mass is 10.3. The number of nitrogens with zero attached hydrogens (tertiary/aromatic N) is 2. The summed E-state index contributed by atoms with van der Waals surface area (Å²) >= 11 is 0. The van der Waals surface area contributed by atoms with Crippen molar-refractivity contribution in [1.29, 1.82) is 0 Å². The first-order valence-corrected chi connectivity index (χ1v) is 3.70. The van der Waals surface area contributed by atoms with Gasteiger partial charge in [0.1, 0.15) is 0 Å². The molecule has 0 aromatic carbocycles. The molecule has 0 unspecified atom stereocenters. The molecule has 0 saturated heterocycles. The molecule has 0 saturated carbocycles. The topological polar surface area (TPSA) is 23.6 Å². The van der Waals surface area contributed by atoms with Crippen LogP contribution in [0.15, 0.2) is 24.4 Å². The smallest absolute Gasteiger partial charge is 0.267 e. The van der Waals surface area contributed by atoms with E-state index >= 15 is 0 Å². The van der Waals surface area contributed by atoms with E-state index in [9.17, 15) is 4.79 Å². The van der Waals surface area contributed by atoms with E-state index < -0.39 is 0 Å². The Bertz CT molecular complexity index is 219. The van der Waals surface area contributed by atoms with Gasteiger partial charge >= 0.3 is 0 Å². The first kappa shape index (κ1) is 10.9. The summed E-state index contributed by atoms with van der Waals surface area (Å²) in [7, 11) is 3.57. The quantitative estimate of drug-likeness (QED) is 0.470. The molecule has 1 amide bonds. The highest BCUT2D eigenvalue weighted by Gasteiger charge is 2.16. The Kier molecular flexibility index (Phi) is 3.70. The Balaban J connectivity index is 4.64. The second-order valence-corrected chi connectivity index (χ2v) is 2.98. The van der Waals surface area contributed by atoms with Gasteiger partial charge in [-0.25, -0.2) is 10.0 Å². The van der Waals surface area contributed by atoms with Gasteiger partial charge in [0.25, 0.3) is 5.91 Å². The van der Waals surface area contributed by atoms with Crippen molar-refractivity contribution in [1.82, 2.24) is 10.0 Å². The molecular weight excluding hydrogens is 152 g/mol. The second kappa shape index (κ2) is 4.07. The average molecular weight is 168 g/mol. The summed E-state index contributed by atoms with van der Waals surface area (Å²) in [5.74, 6) is -0.118. The van der Waals surface area contributed by atoms with Crippen molar-refractivity contribution in [3.05, 3.63) is 24.4 Å². The van der Waals surface area contributed by atoms with Crippen molar-refractivity contribution in [3.63, 3.8) is 0 Å². The fourth-order valence-electron chi connectivity index (χ4n) is 0.877. The standard InChI is InChI=1S/C9H16N2O/c1-7(2)9(12)11(8(3)4)10(5)6/h1,3H2,2,4-6H3. The Morgan fingerprint density at radius 1 is 1.17 bits per heavy atom. The average Bonchev–Trinajstić information content (AvgIpc) is 1.85. The summed E-state index contributed by atoms with van der Waals surface area (Å²) in [6.07, 6.45) is 0. The van der Waals surface area contributed by atoms with Crippen LogP contribution in [0.3, 0.4) is 0 Å². The molecule has 0 fully saturated rings. The summed E-state index contributed by atoms with van der Waals surface area (Å²) in [5.41, 5.74) is 1.19. The van der Waals surface area contributed by atoms with Crippen LogP contribution in [-0.2, 0) is 4.79 Å². The van der Waals surface area contributed by atoms with E-state index in [1.165, 1.54) is 5.01 Å². The van der Waals surface area contributed by atoms with Crippen LogP contribution in [0.2, 0.25) is 0 Å². The van der Waals surface area contributed by atoms with Gasteiger partial charge in [0.05, 0.1) is 0 Å². The van der Waals surface area contributed by atoms with Crippen LogP contribution in [-0.4, -0.2) is 30.0 Å². The maximum Gasteiger partial charge on any atom is 0.267 e. The Labute approximate surface area is 73.9 Å². The van der Waals surface area contributed by atoms with Gasteiger partial charge in [0, 0.05) is 25.4 Å². The van der Waals surface area contributed by atoms with Gasteiger partial charge in [-0.15, -0.1) is 0 Å². The number of carbonyl (C=O) groups excluding carboxylic acids is 1. The lowest BCUT2D eigenvalue weighted by Crippen LogP contribution is -2.40. The van der Waals surface area contributed by atoms with Crippen molar-refractivity contribution < 1.29 is 4.79 Å². The molecule has 3 heteroatoms. The van der Waals surface area contributed by atoms with Crippen molar-refractivity contribution in [2.24, 2.45) is 0 Å². The summed E-state index contributed by atoms with van der Waals surface area (Å²) < 4.78 is 0. The van der Waals surface area contributed by atoms with Crippen molar-refractivity contribution in [2.75, 3.05) is 14.1 Å². The lowest BCUT2D eigenvalue weighted by molar-refractivity contribution is -0.135. The molecule has 0 aromatic heterocycles. The SMILES string of the molecule is C=C(C)C(=O)N(C(=C)C)N(C)C. The molecule has 0 aliphatic heterocycles. The van der Waals surface area contributed by atoms with Gasteiger partial charge in [0.15, 0.2) is 0 Å². The number of hydrogen-bond acceptors (Lipinski definition) is 2. The van der Waals surface area contributed by atoms with Crippen molar-refractivity contribution in [2.45, 2.75) is 13.8 Å². The third-order valence-corrected chi connectivity index (χ3v) is 1.32. The Morgan fingerprint density at radius 2 is 1.58 bits per heavy atom. The summed E-state index contributed by atoms with van der Waals surface area (Å²) in [4.78, 5) is 11.4. The monoisotopic (exact) mass is 168 g/mol. The van der Waals surface area contributed by atoms with Gasteiger partial charge in [0.2, 0.25) is 0 Å². The molecule has 68 valence electrons. The zero-order valence-electron chi connectivity index (χ0n) is 8.22. The molecular formula is C9H16N2O.